The first kappa shape index (κ1) is 14.1. The lowest BCUT2D eigenvalue weighted by Crippen LogP contribution is -2.02. The molecule has 9 heteroatoms. The number of aromatic nitrogens is 2. The van der Waals surface area contributed by atoms with E-state index in [4.69, 9.17) is 33.5 Å². The number of benzene rings is 1. The molecule has 0 fully saturated rings. The molecule has 0 aliphatic carbocycles. The smallest absolute Gasteiger partial charge is 0.260 e. The minimum absolute atomic E-state index is 0.0491. The van der Waals surface area contributed by atoms with Crippen molar-refractivity contribution in [3.05, 3.63) is 28.0 Å². The van der Waals surface area contributed by atoms with Crippen LogP contribution in [0.5, 0.6) is 0 Å². The lowest BCUT2D eigenvalue weighted by atomic mass is 10.2. The number of hydrogen-bond acceptors (Lipinski definition) is 6. The number of halogens is 2. The van der Waals surface area contributed by atoms with E-state index in [9.17, 15) is 8.42 Å². The molecule has 102 valence electrons. The van der Waals surface area contributed by atoms with Crippen LogP contribution in [0.1, 0.15) is 5.82 Å². The van der Waals surface area contributed by atoms with E-state index in [0.29, 0.717) is 10.6 Å². The molecule has 2 aromatic rings. The summed E-state index contributed by atoms with van der Waals surface area (Å²) in [4.78, 5) is 3.95. The molecule has 0 amide bonds. The summed E-state index contributed by atoms with van der Waals surface area (Å²) >= 11 is 11.7. The first-order valence-corrected chi connectivity index (χ1v) is 7.83. The highest BCUT2D eigenvalue weighted by molar-refractivity contribution is 7.89. The number of nitrogens with two attached hydrogens (primary N) is 1. The van der Waals surface area contributed by atoms with E-state index in [1.54, 1.807) is 0 Å². The fourth-order valence-corrected chi connectivity index (χ4v) is 2.50. The van der Waals surface area contributed by atoms with Gasteiger partial charge >= 0.3 is 0 Å². The van der Waals surface area contributed by atoms with Crippen molar-refractivity contribution >= 4 is 38.7 Å². The number of nitrogens with zero attached hydrogens (tertiary/aromatic N) is 2. The van der Waals surface area contributed by atoms with Gasteiger partial charge < -0.3 is 10.3 Å². The molecule has 1 aromatic carbocycles. The second-order valence-corrected chi connectivity index (χ2v) is 6.92. The summed E-state index contributed by atoms with van der Waals surface area (Å²) in [5, 5.41) is 4.18. The molecule has 1 heterocycles. The van der Waals surface area contributed by atoms with Crippen molar-refractivity contribution in [2.45, 2.75) is 5.75 Å². The highest BCUT2D eigenvalue weighted by Gasteiger charge is 2.17. The van der Waals surface area contributed by atoms with Crippen LogP contribution in [0.15, 0.2) is 16.7 Å². The molecule has 0 aliphatic heterocycles. The molecule has 2 N–H and O–H groups in total. The second kappa shape index (κ2) is 4.99. The highest BCUT2D eigenvalue weighted by atomic mass is 35.5. The van der Waals surface area contributed by atoms with E-state index < -0.39 is 9.84 Å². The average molecular weight is 322 g/mol. The largest absolute Gasteiger partial charge is 0.397 e. The Morgan fingerprint density at radius 3 is 2.68 bits per heavy atom. The van der Waals surface area contributed by atoms with E-state index in [2.05, 4.69) is 10.1 Å². The lowest BCUT2D eigenvalue weighted by molar-refractivity contribution is 0.424. The Labute approximate surface area is 119 Å². The molecule has 0 aliphatic rings. The third-order valence-electron chi connectivity index (χ3n) is 2.18. The zero-order valence-electron chi connectivity index (χ0n) is 9.72. The van der Waals surface area contributed by atoms with Gasteiger partial charge in [-0.15, -0.1) is 0 Å². The standard InChI is InChI=1S/C10H9Cl2N3O3S/c1-19(16,17)4-8-14-10(18-15-8)6-2-5(11)3-7(12)9(6)13/h2-3H,4,13H2,1H3. The van der Waals surface area contributed by atoms with Gasteiger partial charge in [-0.2, -0.15) is 4.98 Å². The summed E-state index contributed by atoms with van der Waals surface area (Å²) < 4.78 is 27.2. The van der Waals surface area contributed by atoms with Crippen LogP contribution in [0.3, 0.4) is 0 Å². The normalized spacial score (nSPS) is 11.7. The van der Waals surface area contributed by atoms with Gasteiger partial charge in [0, 0.05) is 11.3 Å². The van der Waals surface area contributed by atoms with Crippen molar-refractivity contribution in [3.8, 4) is 11.5 Å². The van der Waals surface area contributed by atoms with E-state index in [1.165, 1.54) is 12.1 Å². The van der Waals surface area contributed by atoms with Gasteiger partial charge in [0.25, 0.3) is 5.89 Å². The predicted molar refractivity (Wildman–Crippen MR) is 72.7 cm³/mol. The second-order valence-electron chi connectivity index (χ2n) is 3.93. The van der Waals surface area contributed by atoms with Gasteiger partial charge in [-0.1, -0.05) is 28.4 Å². The summed E-state index contributed by atoms with van der Waals surface area (Å²) in [6.45, 7) is 0. The summed E-state index contributed by atoms with van der Waals surface area (Å²) in [6.07, 6.45) is 1.08. The van der Waals surface area contributed by atoms with E-state index >= 15 is 0 Å². The van der Waals surface area contributed by atoms with E-state index in [-0.39, 0.29) is 28.2 Å². The summed E-state index contributed by atoms with van der Waals surface area (Å²) in [7, 11) is -3.24. The number of rotatable bonds is 3. The van der Waals surface area contributed by atoms with Crippen LogP contribution in [0.25, 0.3) is 11.5 Å². The van der Waals surface area contributed by atoms with Crippen LogP contribution in [-0.2, 0) is 15.6 Å². The van der Waals surface area contributed by atoms with Gasteiger partial charge in [-0.25, -0.2) is 8.42 Å². The molecule has 0 radical (unpaired) electrons. The van der Waals surface area contributed by atoms with Crippen molar-refractivity contribution in [2.75, 3.05) is 12.0 Å². The number of sulfone groups is 1. The zero-order valence-corrected chi connectivity index (χ0v) is 12.1. The van der Waals surface area contributed by atoms with E-state index in [1.807, 2.05) is 0 Å². The summed E-state index contributed by atoms with van der Waals surface area (Å²) in [5.74, 6) is -0.196. The van der Waals surface area contributed by atoms with Crippen molar-refractivity contribution < 1.29 is 12.9 Å². The molecule has 0 saturated carbocycles. The van der Waals surface area contributed by atoms with Gasteiger partial charge in [0.15, 0.2) is 15.7 Å². The average Bonchev–Trinajstić information content (AvgIpc) is 2.69. The van der Waals surface area contributed by atoms with Crippen LogP contribution < -0.4 is 5.73 Å². The number of nitrogen functional groups attached to an aromatic ring is 1. The van der Waals surface area contributed by atoms with Gasteiger partial charge in [0.2, 0.25) is 0 Å². The number of hydrogen-bond donors (Lipinski definition) is 1. The van der Waals surface area contributed by atoms with Crippen LogP contribution in [0, 0.1) is 0 Å². The highest BCUT2D eigenvalue weighted by Crippen LogP contribution is 2.33. The Hall–Kier alpha value is -1.31. The predicted octanol–water partition coefficient (Wildman–Crippen LogP) is 2.17. The molecular formula is C10H9Cl2N3O3S. The third kappa shape index (κ3) is 3.37. The van der Waals surface area contributed by atoms with Crippen LogP contribution >= 0.6 is 23.2 Å². The molecule has 0 atom stereocenters. The van der Waals surface area contributed by atoms with Gasteiger partial charge in [0.1, 0.15) is 5.75 Å². The molecule has 0 saturated heterocycles. The topological polar surface area (TPSA) is 99.1 Å². The Morgan fingerprint density at radius 2 is 2.05 bits per heavy atom. The molecule has 2 rings (SSSR count). The molecule has 0 bridgehead atoms. The lowest BCUT2D eigenvalue weighted by Gasteiger charge is -2.03. The zero-order chi connectivity index (χ0) is 14.2. The third-order valence-corrected chi connectivity index (χ3v) is 3.50. The van der Waals surface area contributed by atoms with Gasteiger partial charge in [0.05, 0.1) is 16.3 Å². The van der Waals surface area contributed by atoms with E-state index in [0.717, 1.165) is 6.26 Å². The van der Waals surface area contributed by atoms with Crippen molar-refractivity contribution in [2.24, 2.45) is 0 Å². The molecule has 19 heavy (non-hydrogen) atoms. The Morgan fingerprint density at radius 1 is 1.37 bits per heavy atom. The summed E-state index contributed by atoms with van der Waals surface area (Å²) in [5.41, 5.74) is 6.39. The van der Waals surface area contributed by atoms with Crippen LogP contribution in [0.2, 0.25) is 10.0 Å². The first-order chi connectivity index (χ1) is 8.76. The monoisotopic (exact) mass is 321 g/mol. The summed E-state index contributed by atoms with van der Waals surface area (Å²) in [6, 6.07) is 3.00. The fraction of sp³-hybridized carbons (Fsp3) is 0.200. The SMILES string of the molecule is CS(=O)(=O)Cc1noc(-c2cc(Cl)cc(Cl)c2N)n1. The minimum Gasteiger partial charge on any atom is -0.397 e. The van der Waals surface area contributed by atoms with Gasteiger partial charge in [-0.05, 0) is 12.1 Å². The van der Waals surface area contributed by atoms with Crippen molar-refractivity contribution in [1.82, 2.24) is 10.1 Å². The molecule has 6 nitrogen and oxygen atoms in total. The minimum atomic E-state index is -3.24. The molecular weight excluding hydrogens is 313 g/mol. The first-order valence-electron chi connectivity index (χ1n) is 5.01. The molecule has 0 unspecified atom stereocenters. The Balaban J connectivity index is 2.44. The molecule has 1 aromatic heterocycles. The Bertz CT molecular complexity index is 728. The van der Waals surface area contributed by atoms with Crippen LogP contribution in [0.4, 0.5) is 5.69 Å². The Kier molecular flexibility index (Phi) is 3.71. The quantitative estimate of drug-likeness (QED) is 0.870. The maximum absolute atomic E-state index is 11.1. The van der Waals surface area contributed by atoms with Crippen LogP contribution in [-0.4, -0.2) is 24.8 Å². The molecule has 0 spiro atoms. The maximum atomic E-state index is 11.1. The maximum Gasteiger partial charge on any atom is 0.260 e. The van der Waals surface area contributed by atoms with Crippen molar-refractivity contribution in [3.63, 3.8) is 0 Å². The van der Waals surface area contributed by atoms with Gasteiger partial charge in [-0.3, -0.25) is 0 Å². The number of anilines is 1. The van der Waals surface area contributed by atoms with Crippen molar-refractivity contribution in [1.29, 1.82) is 0 Å². The fourth-order valence-electron chi connectivity index (χ4n) is 1.42.